The maximum absolute atomic E-state index is 6.30. The molecule has 0 saturated heterocycles. The molecule has 0 spiro atoms. The SMILES string of the molecule is CC1(C)CC(N)CC(C)(CNCCCCCCCCCCCCN)C1. The Hall–Kier alpha value is -0.120. The molecule has 5 N–H and O–H groups in total. The lowest BCUT2D eigenvalue weighted by Gasteiger charge is -2.46. The van der Waals surface area contributed by atoms with E-state index in [1.807, 2.05) is 0 Å². The van der Waals surface area contributed by atoms with Crippen LogP contribution >= 0.6 is 0 Å². The van der Waals surface area contributed by atoms with Gasteiger partial charge in [-0.1, -0.05) is 72.1 Å². The van der Waals surface area contributed by atoms with Crippen molar-refractivity contribution in [3.05, 3.63) is 0 Å². The lowest BCUT2D eigenvalue weighted by Crippen LogP contribution is -2.46. The fourth-order valence-corrected chi connectivity index (χ4v) is 5.05. The fraction of sp³-hybridized carbons (Fsp3) is 1.00. The van der Waals surface area contributed by atoms with E-state index in [1.165, 1.54) is 90.0 Å². The van der Waals surface area contributed by atoms with Gasteiger partial charge >= 0.3 is 0 Å². The van der Waals surface area contributed by atoms with Gasteiger partial charge in [0.2, 0.25) is 0 Å². The van der Waals surface area contributed by atoms with E-state index in [0.717, 1.165) is 13.1 Å². The second-order valence-corrected chi connectivity index (χ2v) is 9.82. The molecule has 2 unspecified atom stereocenters. The summed E-state index contributed by atoms with van der Waals surface area (Å²) < 4.78 is 0. The van der Waals surface area contributed by atoms with Gasteiger partial charge in [0.05, 0.1) is 0 Å². The third kappa shape index (κ3) is 11.2. The molecule has 25 heavy (non-hydrogen) atoms. The average molecular weight is 354 g/mol. The van der Waals surface area contributed by atoms with Crippen LogP contribution in [0.1, 0.15) is 104 Å². The zero-order valence-corrected chi connectivity index (χ0v) is 17.5. The van der Waals surface area contributed by atoms with Gasteiger partial charge in [-0.2, -0.15) is 0 Å². The Morgan fingerprint density at radius 1 is 0.800 bits per heavy atom. The fourth-order valence-electron chi connectivity index (χ4n) is 5.05. The Morgan fingerprint density at radius 3 is 1.84 bits per heavy atom. The summed E-state index contributed by atoms with van der Waals surface area (Å²) in [5.74, 6) is 0. The second kappa shape index (κ2) is 12.3. The number of rotatable bonds is 14. The standard InChI is InChI=1S/C22H47N3/c1-21(2)16-20(24)17-22(3,18-21)19-25-15-13-11-9-7-5-4-6-8-10-12-14-23/h20,25H,4-19,23-24H2,1-3H3. The molecule has 0 aromatic carbocycles. The molecule has 0 amide bonds. The predicted molar refractivity (Wildman–Crippen MR) is 112 cm³/mol. The first-order chi connectivity index (χ1) is 11.9. The summed E-state index contributed by atoms with van der Waals surface area (Å²) in [5.41, 5.74) is 12.6. The van der Waals surface area contributed by atoms with E-state index < -0.39 is 0 Å². The summed E-state index contributed by atoms with van der Waals surface area (Å²) in [7, 11) is 0. The van der Waals surface area contributed by atoms with Gasteiger partial charge in [-0.25, -0.2) is 0 Å². The molecule has 3 heteroatoms. The molecule has 1 aliphatic carbocycles. The summed E-state index contributed by atoms with van der Waals surface area (Å²) >= 11 is 0. The molecule has 2 atom stereocenters. The molecule has 1 saturated carbocycles. The van der Waals surface area contributed by atoms with E-state index in [1.54, 1.807) is 0 Å². The van der Waals surface area contributed by atoms with Crippen molar-refractivity contribution >= 4 is 0 Å². The predicted octanol–water partition coefficient (Wildman–Crippen LogP) is 4.98. The van der Waals surface area contributed by atoms with Gasteiger partial charge in [0, 0.05) is 12.6 Å². The monoisotopic (exact) mass is 353 g/mol. The summed E-state index contributed by atoms with van der Waals surface area (Å²) in [4.78, 5) is 0. The van der Waals surface area contributed by atoms with Crippen LogP contribution in [0.4, 0.5) is 0 Å². The lowest BCUT2D eigenvalue weighted by atomic mass is 9.63. The van der Waals surface area contributed by atoms with Gasteiger partial charge < -0.3 is 16.8 Å². The van der Waals surface area contributed by atoms with Crippen LogP contribution < -0.4 is 16.8 Å². The van der Waals surface area contributed by atoms with Crippen LogP contribution in [0, 0.1) is 10.8 Å². The number of unbranched alkanes of at least 4 members (excludes halogenated alkanes) is 9. The van der Waals surface area contributed by atoms with Crippen molar-refractivity contribution in [2.24, 2.45) is 22.3 Å². The highest BCUT2D eigenvalue weighted by Gasteiger charge is 2.39. The molecule has 0 heterocycles. The van der Waals surface area contributed by atoms with E-state index in [4.69, 9.17) is 11.5 Å². The Balaban J connectivity index is 1.93. The van der Waals surface area contributed by atoms with Crippen molar-refractivity contribution in [3.8, 4) is 0 Å². The summed E-state index contributed by atoms with van der Waals surface area (Å²) in [6.45, 7) is 10.3. The minimum absolute atomic E-state index is 0.380. The van der Waals surface area contributed by atoms with Gasteiger partial charge in [-0.05, 0) is 56.0 Å². The van der Waals surface area contributed by atoms with Crippen molar-refractivity contribution in [2.45, 2.75) is 110 Å². The zero-order valence-electron chi connectivity index (χ0n) is 17.5. The van der Waals surface area contributed by atoms with Crippen molar-refractivity contribution in [3.63, 3.8) is 0 Å². The van der Waals surface area contributed by atoms with Crippen LogP contribution in [0.15, 0.2) is 0 Å². The van der Waals surface area contributed by atoms with Crippen molar-refractivity contribution in [2.75, 3.05) is 19.6 Å². The van der Waals surface area contributed by atoms with Gasteiger partial charge in [0.25, 0.3) is 0 Å². The number of hydrogen-bond acceptors (Lipinski definition) is 3. The molecule has 0 aromatic rings. The van der Waals surface area contributed by atoms with Crippen LogP contribution in [0.3, 0.4) is 0 Å². The largest absolute Gasteiger partial charge is 0.330 e. The maximum Gasteiger partial charge on any atom is 0.00495 e. The van der Waals surface area contributed by atoms with Crippen LogP contribution in [-0.4, -0.2) is 25.7 Å². The number of nitrogens with two attached hydrogens (primary N) is 2. The molecule has 1 aliphatic rings. The summed E-state index contributed by atoms with van der Waals surface area (Å²) in [6, 6.07) is 0.380. The van der Waals surface area contributed by atoms with E-state index in [0.29, 0.717) is 16.9 Å². The molecule has 3 nitrogen and oxygen atoms in total. The van der Waals surface area contributed by atoms with Gasteiger partial charge in [0.15, 0.2) is 0 Å². The third-order valence-corrected chi connectivity index (χ3v) is 5.83. The highest BCUT2D eigenvalue weighted by Crippen LogP contribution is 2.45. The molecule has 0 radical (unpaired) electrons. The van der Waals surface area contributed by atoms with Crippen molar-refractivity contribution < 1.29 is 0 Å². The molecule has 150 valence electrons. The lowest BCUT2D eigenvalue weighted by molar-refractivity contribution is 0.0828. The van der Waals surface area contributed by atoms with Crippen molar-refractivity contribution in [1.29, 1.82) is 0 Å². The Morgan fingerprint density at radius 2 is 1.32 bits per heavy atom. The number of hydrogen-bond donors (Lipinski definition) is 3. The summed E-state index contributed by atoms with van der Waals surface area (Å²) in [5, 5.41) is 3.72. The molecule has 0 bridgehead atoms. The summed E-state index contributed by atoms with van der Waals surface area (Å²) in [6.07, 6.45) is 17.3. The van der Waals surface area contributed by atoms with Crippen LogP contribution in [-0.2, 0) is 0 Å². The van der Waals surface area contributed by atoms with Gasteiger partial charge in [-0.3, -0.25) is 0 Å². The van der Waals surface area contributed by atoms with E-state index >= 15 is 0 Å². The first-order valence-corrected chi connectivity index (χ1v) is 11.0. The Kier molecular flexibility index (Phi) is 11.3. The first-order valence-electron chi connectivity index (χ1n) is 11.0. The second-order valence-electron chi connectivity index (χ2n) is 9.82. The zero-order chi connectivity index (χ0) is 18.6. The molecule has 1 rings (SSSR count). The smallest absolute Gasteiger partial charge is 0.00495 e. The maximum atomic E-state index is 6.30. The Bertz CT molecular complexity index is 329. The Labute approximate surface area is 158 Å². The molecule has 0 aromatic heterocycles. The van der Waals surface area contributed by atoms with E-state index in [-0.39, 0.29) is 0 Å². The highest BCUT2D eigenvalue weighted by atomic mass is 14.9. The van der Waals surface area contributed by atoms with Crippen LogP contribution in [0.2, 0.25) is 0 Å². The first kappa shape index (κ1) is 22.9. The molecule has 1 fully saturated rings. The number of nitrogens with one attached hydrogen (secondary N) is 1. The van der Waals surface area contributed by atoms with Crippen molar-refractivity contribution in [1.82, 2.24) is 5.32 Å². The van der Waals surface area contributed by atoms with E-state index in [2.05, 4.69) is 26.1 Å². The minimum Gasteiger partial charge on any atom is -0.330 e. The van der Waals surface area contributed by atoms with E-state index in [9.17, 15) is 0 Å². The minimum atomic E-state index is 0.380. The third-order valence-electron chi connectivity index (χ3n) is 5.83. The van der Waals surface area contributed by atoms with Crippen LogP contribution in [0.5, 0.6) is 0 Å². The van der Waals surface area contributed by atoms with Gasteiger partial charge in [-0.15, -0.1) is 0 Å². The quantitative estimate of drug-likeness (QED) is 0.386. The molecular weight excluding hydrogens is 306 g/mol. The van der Waals surface area contributed by atoms with Gasteiger partial charge in [0.1, 0.15) is 0 Å². The molecular formula is C22H47N3. The highest BCUT2D eigenvalue weighted by molar-refractivity contribution is 4.94. The normalized spacial score (nSPS) is 26.0. The van der Waals surface area contributed by atoms with Crippen LogP contribution in [0.25, 0.3) is 0 Å². The molecule has 0 aliphatic heterocycles. The topological polar surface area (TPSA) is 64.1 Å². The average Bonchev–Trinajstić information content (AvgIpc) is 2.49.